The molecule has 0 N–H and O–H groups in total. The van der Waals surface area contributed by atoms with Gasteiger partial charge in [-0.25, -0.2) is 8.42 Å². The molecule has 0 aliphatic rings. The maximum Gasteiger partial charge on any atom is 0.209 e. The summed E-state index contributed by atoms with van der Waals surface area (Å²) in [6, 6.07) is 9.05. The summed E-state index contributed by atoms with van der Waals surface area (Å²) in [5.41, 5.74) is 0. The van der Waals surface area contributed by atoms with Crippen molar-refractivity contribution in [2.45, 2.75) is 9.79 Å². The summed E-state index contributed by atoms with van der Waals surface area (Å²) in [6.07, 6.45) is 0. The molecule has 0 amide bonds. The van der Waals surface area contributed by atoms with E-state index in [4.69, 9.17) is 32.7 Å². The molecule has 7 heteroatoms. The molecule has 4 nitrogen and oxygen atoms in total. The summed E-state index contributed by atoms with van der Waals surface area (Å²) in [7, 11) is -1.06. The van der Waals surface area contributed by atoms with Gasteiger partial charge in [0.25, 0.3) is 0 Å². The lowest BCUT2D eigenvalue weighted by Gasteiger charge is -2.12. The fourth-order valence-corrected chi connectivity index (χ4v) is 4.27. The predicted octanol–water partition coefficient (Wildman–Crippen LogP) is 3.84. The van der Waals surface area contributed by atoms with Gasteiger partial charge in [-0.05, 0) is 24.3 Å². The van der Waals surface area contributed by atoms with E-state index in [1.807, 2.05) is 0 Å². The second-order valence-corrected chi connectivity index (χ2v) is 6.69. The Morgan fingerprint density at radius 3 is 1.52 bits per heavy atom. The summed E-state index contributed by atoms with van der Waals surface area (Å²) >= 11 is 12.2. The Balaban J connectivity index is 2.69. The average molecular weight is 347 g/mol. The summed E-state index contributed by atoms with van der Waals surface area (Å²) in [5.74, 6) is 0.550. The number of halogens is 2. The van der Waals surface area contributed by atoms with E-state index in [1.54, 1.807) is 24.3 Å². The van der Waals surface area contributed by atoms with Crippen molar-refractivity contribution in [2.75, 3.05) is 14.2 Å². The van der Waals surface area contributed by atoms with Gasteiger partial charge in [-0.3, -0.25) is 0 Å². The van der Waals surface area contributed by atoms with Gasteiger partial charge >= 0.3 is 0 Å². The molecule has 0 radical (unpaired) electrons. The van der Waals surface area contributed by atoms with Crippen LogP contribution in [0.25, 0.3) is 0 Å². The van der Waals surface area contributed by atoms with Gasteiger partial charge in [0, 0.05) is 0 Å². The van der Waals surface area contributed by atoms with Crippen LogP contribution in [0.5, 0.6) is 11.5 Å². The predicted molar refractivity (Wildman–Crippen MR) is 81.5 cm³/mol. The summed E-state index contributed by atoms with van der Waals surface area (Å²) in [6.45, 7) is 0. The molecule has 0 spiro atoms. The van der Waals surface area contributed by atoms with E-state index in [0.29, 0.717) is 0 Å². The van der Waals surface area contributed by atoms with Gasteiger partial charge in [0.05, 0.1) is 24.0 Å². The minimum Gasteiger partial charge on any atom is -0.495 e. The lowest BCUT2D eigenvalue weighted by Crippen LogP contribution is -2.05. The maximum absolute atomic E-state index is 12.7. The highest BCUT2D eigenvalue weighted by Gasteiger charge is 2.26. The highest BCUT2D eigenvalue weighted by Crippen LogP contribution is 2.38. The maximum atomic E-state index is 12.7. The van der Waals surface area contributed by atoms with Crippen LogP contribution in [-0.2, 0) is 9.84 Å². The zero-order valence-electron chi connectivity index (χ0n) is 11.3. The molecule has 0 saturated heterocycles. The quantitative estimate of drug-likeness (QED) is 0.843. The molecule has 0 bridgehead atoms. The van der Waals surface area contributed by atoms with Gasteiger partial charge < -0.3 is 9.47 Å². The van der Waals surface area contributed by atoms with Gasteiger partial charge in [0.1, 0.15) is 21.5 Å². The van der Waals surface area contributed by atoms with Crippen LogP contribution in [0.4, 0.5) is 0 Å². The van der Waals surface area contributed by atoms with Gasteiger partial charge in [-0.2, -0.15) is 0 Å². The zero-order valence-corrected chi connectivity index (χ0v) is 13.6. The molecule has 0 heterocycles. The smallest absolute Gasteiger partial charge is 0.209 e. The Bertz CT molecular complexity index is 713. The van der Waals surface area contributed by atoms with E-state index < -0.39 is 9.84 Å². The molecular formula is C14H12Cl2O4S. The van der Waals surface area contributed by atoms with Crippen molar-refractivity contribution in [1.82, 2.24) is 0 Å². The molecule has 0 aromatic heterocycles. The third kappa shape index (κ3) is 2.81. The number of methoxy groups -OCH3 is 2. The fraction of sp³-hybridized carbons (Fsp3) is 0.143. The topological polar surface area (TPSA) is 52.6 Å². The summed E-state index contributed by atoms with van der Waals surface area (Å²) in [4.78, 5) is -0.141. The standard InChI is InChI=1S/C14H12Cl2O4S/c1-19-9-5-3-7-11(13(9)15)21(17,18)12-8-4-6-10(20-2)14(12)16/h3-8H,1-2H3. The van der Waals surface area contributed by atoms with E-state index in [1.165, 1.54) is 26.4 Å². The Morgan fingerprint density at radius 1 is 0.810 bits per heavy atom. The summed E-state index contributed by atoms with van der Waals surface area (Å²) in [5, 5.41) is 0.0257. The number of rotatable bonds is 4. The van der Waals surface area contributed by atoms with Gasteiger partial charge in [0.2, 0.25) is 9.84 Å². The minimum atomic E-state index is -3.89. The van der Waals surface area contributed by atoms with E-state index in [0.717, 1.165) is 0 Å². The highest BCUT2D eigenvalue weighted by atomic mass is 35.5. The lowest BCUT2D eigenvalue weighted by atomic mass is 10.3. The number of hydrogen-bond donors (Lipinski definition) is 0. The molecule has 0 aliphatic heterocycles. The van der Waals surface area contributed by atoms with Crippen LogP contribution < -0.4 is 9.47 Å². The number of ether oxygens (including phenoxy) is 2. The molecule has 0 unspecified atom stereocenters. The highest BCUT2D eigenvalue weighted by molar-refractivity contribution is 7.91. The molecular weight excluding hydrogens is 335 g/mol. The van der Waals surface area contributed by atoms with Crippen molar-refractivity contribution in [3.63, 3.8) is 0 Å². The molecule has 0 atom stereocenters. The summed E-state index contributed by atoms with van der Waals surface area (Å²) < 4.78 is 35.5. The lowest BCUT2D eigenvalue weighted by molar-refractivity contribution is 0.413. The van der Waals surface area contributed by atoms with Crippen LogP contribution in [0.1, 0.15) is 0 Å². The van der Waals surface area contributed by atoms with Crippen molar-refractivity contribution < 1.29 is 17.9 Å². The number of sulfone groups is 1. The van der Waals surface area contributed by atoms with E-state index >= 15 is 0 Å². The third-order valence-electron chi connectivity index (χ3n) is 2.87. The minimum absolute atomic E-state index is 0.0129. The van der Waals surface area contributed by atoms with Crippen LogP contribution in [0, 0.1) is 0 Å². The second kappa shape index (κ2) is 6.13. The molecule has 0 fully saturated rings. The van der Waals surface area contributed by atoms with Crippen LogP contribution in [0.2, 0.25) is 10.0 Å². The Labute approximate surface area is 133 Å². The average Bonchev–Trinajstić information content (AvgIpc) is 2.47. The molecule has 2 rings (SSSR count). The van der Waals surface area contributed by atoms with Gasteiger partial charge in [-0.15, -0.1) is 0 Å². The molecule has 0 aliphatic carbocycles. The first-order valence-electron chi connectivity index (χ1n) is 5.83. The van der Waals surface area contributed by atoms with Gasteiger partial charge in [0.15, 0.2) is 0 Å². The molecule has 0 saturated carbocycles. The zero-order chi connectivity index (χ0) is 15.6. The van der Waals surface area contributed by atoms with Crippen LogP contribution >= 0.6 is 23.2 Å². The molecule has 2 aromatic rings. The van der Waals surface area contributed by atoms with Crippen LogP contribution in [-0.4, -0.2) is 22.6 Å². The largest absolute Gasteiger partial charge is 0.495 e. The number of hydrogen-bond acceptors (Lipinski definition) is 4. The molecule has 112 valence electrons. The van der Waals surface area contributed by atoms with Crippen molar-refractivity contribution in [1.29, 1.82) is 0 Å². The fourth-order valence-electron chi connectivity index (χ4n) is 1.83. The van der Waals surface area contributed by atoms with E-state index in [2.05, 4.69) is 0 Å². The Hall–Kier alpha value is -1.43. The van der Waals surface area contributed by atoms with E-state index in [-0.39, 0.29) is 31.3 Å². The van der Waals surface area contributed by atoms with Crippen molar-refractivity contribution >= 4 is 33.0 Å². The van der Waals surface area contributed by atoms with Crippen molar-refractivity contribution in [3.05, 3.63) is 46.4 Å². The van der Waals surface area contributed by atoms with Crippen molar-refractivity contribution in [3.8, 4) is 11.5 Å². The first-order chi connectivity index (χ1) is 9.93. The molecule has 2 aromatic carbocycles. The third-order valence-corrected chi connectivity index (χ3v) is 5.72. The Kier molecular flexibility index (Phi) is 4.66. The number of benzene rings is 2. The van der Waals surface area contributed by atoms with Gasteiger partial charge in [-0.1, -0.05) is 35.3 Å². The molecule has 21 heavy (non-hydrogen) atoms. The van der Waals surface area contributed by atoms with Crippen LogP contribution in [0.15, 0.2) is 46.2 Å². The SMILES string of the molecule is COc1cccc(S(=O)(=O)c2cccc(OC)c2Cl)c1Cl. The normalized spacial score (nSPS) is 11.2. The Morgan fingerprint density at radius 2 is 1.19 bits per heavy atom. The first kappa shape index (κ1) is 15.9. The second-order valence-electron chi connectivity index (χ2n) is 4.05. The van der Waals surface area contributed by atoms with Crippen LogP contribution in [0.3, 0.4) is 0 Å². The van der Waals surface area contributed by atoms with E-state index in [9.17, 15) is 8.42 Å². The van der Waals surface area contributed by atoms with Crippen molar-refractivity contribution in [2.24, 2.45) is 0 Å². The first-order valence-corrected chi connectivity index (χ1v) is 8.07. The monoisotopic (exact) mass is 346 g/mol.